The number of para-hydroxylation sites is 2. The Labute approximate surface area is 139 Å². The highest BCUT2D eigenvalue weighted by atomic mass is 16.1. The first kappa shape index (κ1) is 14.5. The molecule has 0 spiro atoms. The van der Waals surface area contributed by atoms with Gasteiger partial charge in [0.25, 0.3) is 0 Å². The predicted molar refractivity (Wildman–Crippen MR) is 91.5 cm³/mol. The standard InChI is InChI=1S/C19H16N4O/c20-11-13-5-9-15(10-6-13)21-18(24)12-23-17-4-2-1-3-16(17)22-19(23)14-7-8-14/h1-6,9-10,14H,7-8,12H2,(H,21,24). The lowest BCUT2D eigenvalue weighted by Crippen LogP contribution is -2.20. The Kier molecular flexibility index (Phi) is 3.51. The molecule has 1 aliphatic carbocycles. The van der Waals surface area contributed by atoms with Gasteiger partial charge in [-0.15, -0.1) is 0 Å². The average molecular weight is 316 g/mol. The average Bonchev–Trinajstić information content (AvgIpc) is 3.39. The number of nitriles is 1. The van der Waals surface area contributed by atoms with Crippen LogP contribution in [0.3, 0.4) is 0 Å². The van der Waals surface area contributed by atoms with Crippen molar-refractivity contribution in [2.75, 3.05) is 5.32 Å². The lowest BCUT2D eigenvalue weighted by atomic mass is 10.2. The number of hydrogen-bond acceptors (Lipinski definition) is 3. The van der Waals surface area contributed by atoms with E-state index in [0.717, 1.165) is 29.7 Å². The molecule has 1 heterocycles. The highest BCUT2D eigenvalue weighted by molar-refractivity contribution is 5.91. The molecule has 0 atom stereocenters. The van der Waals surface area contributed by atoms with Gasteiger partial charge in [-0.25, -0.2) is 4.98 Å². The molecule has 5 nitrogen and oxygen atoms in total. The molecule has 4 rings (SSSR count). The molecule has 1 saturated carbocycles. The summed E-state index contributed by atoms with van der Waals surface area (Å²) in [5, 5.41) is 11.7. The van der Waals surface area contributed by atoms with Crippen molar-refractivity contribution in [3.05, 3.63) is 59.9 Å². The Hall–Kier alpha value is -3.13. The summed E-state index contributed by atoms with van der Waals surface area (Å²) in [6.07, 6.45) is 2.28. The molecule has 0 unspecified atom stereocenters. The molecular weight excluding hydrogens is 300 g/mol. The smallest absolute Gasteiger partial charge is 0.244 e. The van der Waals surface area contributed by atoms with Crippen LogP contribution in [0.15, 0.2) is 48.5 Å². The number of fused-ring (bicyclic) bond motifs is 1. The van der Waals surface area contributed by atoms with Gasteiger partial charge in [-0.3, -0.25) is 4.79 Å². The van der Waals surface area contributed by atoms with E-state index in [1.807, 2.05) is 28.8 Å². The molecule has 0 bridgehead atoms. The fraction of sp³-hybridized carbons (Fsp3) is 0.211. The summed E-state index contributed by atoms with van der Waals surface area (Å²) in [5.41, 5.74) is 3.20. The zero-order valence-corrected chi connectivity index (χ0v) is 13.1. The second-order valence-electron chi connectivity index (χ2n) is 6.06. The van der Waals surface area contributed by atoms with Gasteiger partial charge < -0.3 is 9.88 Å². The Morgan fingerprint density at radius 2 is 1.96 bits per heavy atom. The summed E-state index contributed by atoms with van der Waals surface area (Å²) in [6, 6.07) is 16.9. The van der Waals surface area contributed by atoms with Crippen molar-refractivity contribution in [3.8, 4) is 6.07 Å². The number of benzene rings is 2. The molecule has 0 saturated heterocycles. The maximum Gasteiger partial charge on any atom is 0.244 e. The normalized spacial score (nSPS) is 13.6. The second-order valence-corrected chi connectivity index (χ2v) is 6.06. The van der Waals surface area contributed by atoms with Gasteiger partial charge in [0.05, 0.1) is 22.7 Å². The molecule has 0 radical (unpaired) electrons. The van der Waals surface area contributed by atoms with Crippen LogP contribution in [0.2, 0.25) is 0 Å². The predicted octanol–water partition coefficient (Wildman–Crippen LogP) is 3.42. The molecule has 5 heteroatoms. The third-order valence-corrected chi connectivity index (χ3v) is 4.23. The van der Waals surface area contributed by atoms with E-state index >= 15 is 0 Å². The number of rotatable bonds is 4. The van der Waals surface area contributed by atoms with Crippen LogP contribution in [0, 0.1) is 11.3 Å². The molecule has 1 fully saturated rings. The molecule has 118 valence electrons. The van der Waals surface area contributed by atoms with Crippen LogP contribution in [-0.2, 0) is 11.3 Å². The number of nitrogens with zero attached hydrogens (tertiary/aromatic N) is 3. The van der Waals surface area contributed by atoms with Crippen molar-refractivity contribution in [2.24, 2.45) is 0 Å². The molecule has 24 heavy (non-hydrogen) atoms. The highest BCUT2D eigenvalue weighted by Gasteiger charge is 2.30. The number of hydrogen-bond donors (Lipinski definition) is 1. The molecular formula is C19H16N4O. The fourth-order valence-corrected chi connectivity index (χ4v) is 2.89. The van der Waals surface area contributed by atoms with Gasteiger partial charge in [0.15, 0.2) is 0 Å². The highest BCUT2D eigenvalue weighted by Crippen LogP contribution is 2.40. The Bertz CT molecular complexity index is 946. The minimum atomic E-state index is -0.0928. The number of amides is 1. The Balaban J connectivity index is 1.58. The molecule has 1 N–H and O–H groups in total. The summed E-state index contributed by atoms with van der Waals surface area (Å²) in [5.74, 6) is 1.39. The van der Waals surface area contributed by atoms with Crippen LogP contribution in [0.25, 0.3) is 11.0 Å². The Morgan fingerprint density at radius 1 is 1.21 bits per heavy atom. The van der Waals surface area contributed by atoms with Gasteiger partial charge >= 0.3 is 0 Å². The summed E-state index contributed by atoms with van der Waals surface area (Å²) < 4.78 is 2.02. The number of carbonyl (C=O) groups excluding carboxylic acids is 1. The summed E-state index contributed by atoms with van der Waals surface area (Å²) >= 11 is 0. The van der Waals surface area contributed by atoms with E-state index in [1.54, 1.807) is 24.3 Å². The summed E-state index contributed by atoms with van der Waals surface area (Å²) in [4.78, 5) is 17.2. The molecule has 0 aliphatic heterocycles. The monoisotopic (exact) mass is 316 g/mol. The SMILES string of the molecule is N#Cc1ccc(NC(=O)Cn2c(C3CC3)nc3ccccc32)cc1. The zero-order valence-electron chi connectivity index (χ0n) is 13.1. The lowest BCUT2D eigenvalue weighted by Gasteiger charge is -2.09. The lowest BCUT2D eigenvalue weighted by molar-refractivity contribution is -0.116. The van der Waals surface area contributed by atoms with E-state index in [0.29, 0.717) is 17.2 Å². The maximum absolute atomic E-state index is 12.4. The van der Waals surface area contributed by atoms with Crippen molar-refractivity contribution < 1.29 is 4.79 Å². The summed E-state index contributed by atoms with van der Waals surface area (Å²) in [7, 11) is 0. The van der Waals surface area contributed by atoms with E-state index in [-0.39, 0.29) is 12.5 Å². The van der Waals surface area contributed by atoms with Crippen molar-refractivity contribution in [1.29, 1.82) is 5.26 Å². The minimum Gasteiger partial charge on any atom is -0.325 e. The van der Waals surface area contributed by atoms with Crippen molar-refractivity contribution in [1.82, 2.24) is 9.55 Å². The van der Waals surface area contributed by atoms with Crippen LogP contribution in [0.5, 0.6) is 0 Å². The van der Waals surface area contributed by atoms with E-state index < -0.39 is 0 Å². The summed E-state index contributed by atoms with van der Waals surface area (Å²) in [6.45, 7) is 0.242. The van der Waals surface area contributed by atoms with Gasteiger partial charge in [-0.05, 0) is 49.2 Å². The van der Waals surface area contributed by atoms with Crippen molar-refractivity contribution in [2.45, 2.75) is 25.3 Å². The quantitative estimate of drug-likeness (QED) is 0.801. The number of anilines is 1. The number of carbonyl (C=O) groups is 1. The second kappa shape index (κ2) is 5.82. The van der Waals surface area contributed by atoms with Crippen LogP contribution >= 0.6 is 0 Å². The first-order valence-corrected chi connectivity index (χ1v) is 8.00. The van der Waals surface area contributed by atoms with Crippen LogP contribution in [0.4, 0.5) is 5.69 Å². The number of nitrogens with one attached hydrogen (secondary N) is 1. The van der Waals surface area contributed by atoms with Gasteiger partial charge in [-0.1, -0.05) is 12.1 Å². The zero-order chi connectivity index (χ0) is 16.5. The number of imidazole rings is 1. The van der Waals surface area contributed by atoms with Crippen LogP contribution < -0.4 is 5.32 Å². The van der Waals surface area contributed by atoms with Gasteiger partial charge in [0.2, 0.25) is 5.91 Å². The van der Waals surface area contributed by atoms with E-state index in [1.165, 1.54) is 0 Å². The topological polar surface area (TPSA) is 70.7 Å². The van der Waals surface area contributed by atoms with E-state index in [9.17, 15) is 4.79 Å². The van der Waals surface area contributed by atoms with Gasteiger partial charge in [-0.2, -0.15) is 5.26 Å². The third kappa shape index (κ3) is 2.74. The Morgan fingerprint density at radius 3 is 2.67 bits per heavy atom. The van der Waals surface area contributed by atoms with Crippen molar-refractivity contribution in [3.63, 3.8) is 0 Å². The van der Waals surface area contributed by atoms with Gasteiger partial charge in [0.1, 0.15) is 12.4 Å². The van der Waals surface area contributed by atoms with Crippen LogP contribution in [0.1, 0.15) is 30.1 Å². The third-order valence-electron chi connectivity index (χ3n) is 4.23. The molecule has 3 aromatic rings. The first-order valence-electron chi connectivity index (χ1n) is 8.00. The molecule has 1 aliphatic rings. The van der Waals surface area contributed by atoms with Gasteiger partial charge in [0, 0.05) is 11.6 Å². The molecule has 1 amide bonds. The fourth-order valence-electron chi connectivity index (χ4n) is 2.89. The molecule has 2 aromatic carbocycles. The molecule has 1 aromatic heterocycles. The minimum absolute atomic E-state index is 0.0928. The number of aromatic nitrogens is 2. The van der Waals surface area contributed by atoms with Crippen LogP contribution in [-0.4, -0.2) is 15.5 Å². The van der Waals surface area contributed by atoms with E-state index in [4.69, 9.17) is 10.2 Å². The van der Waals surface area contributed by atoms with E-state index in [2.05, 4.69) is 11.4 Å². The van der Waals surface area contributed by atoms with Crippen molar-refractivity contribution >= 4 is 22.6 Å². The largest absolute Gasteiger partial charge is 0.325 e. The first-order chi connectivity index (χ1) is 11.7. The maximum atomic E-state index is 12.4.